The Morgan fingerprint density at radius 3 is 2.70 bits per heavy atom. The average molecular weight is 507 g/mol. The molecule has 6 rings (SSSR count). The topological polar surface area (TPSA) is 97.3 Å². The van der Waals surface area contributed by atoms with Crippen molar-refractivity contribution >= 4 is 17.5 Å². The Kier molecular flexibility index (Phi) is 6.88. The molecule has 0 saturated carbocycles. The van der Waals surface area contributed by atoms with Gasteiger partial charge in [0.1, 0.15) is 18.0 Å². The number of nitrogens with one attached hydrogen (secondary N) is 1. The van der Waals surface area contributed by atoms with E-state index >= 15 is 0 Å². The Balaban J connectivity index is 1.14. The molecule has 4 aliphatic rings. The highest BCUT2D eigenvalue weighted by molar-refractivity contribution is 5.92. The summed E-state index contributed by atoms with van der Waals surface area (Å²) in [4.78, 5) is 27.9. The van der Waals surface area contributed by atoms with Gasteiger partial charge in [-0.3, -0.25) is 9.59 Å². The molecule has 0 unspecified atom stereocenters. The lowest BCUT2D eigenvalue weighted by Crippen LogP contribution is -2.48. The second-order valence-electron chi connectivity index (χ2n) is 10.6. The number of benzene rings is 2. The van der Waals surface area contributed by atoms with Crippen molar-refractivity contribution in [3.63, 3.8) is 0 Å². The number of nitrogens with zero attached hydrogens (tertiary/aromatic N) is 1. The molecule has 0 radical (unpaired) electrons. The first-order valence-electron chi connectivity index (χ1n) is 13.4. The molecule has 2 fully saturated rings. The summed E-state index contributed by atoms with van der Waals surface area (Å²) in [7, 11) is 0. The highest BCUT2D eigenvalue weighted by Crippen LogP contribution is 2.47. The van der Waals surface area contributed by atoms with Gasteiger partial charge >= 0.3 is 0 Å². The summed E-state index contributed by atoms with van der Waals surface area (Å²) < 4.78 is 17.7. The van der Waals surface area contributed by atoms with Crippen LogP contribution in [0.15, 0.2) is 42.5 Å². The molecule has 8 nitrogen and oxygen atoms in total. The van der Waals surface area contributed by atoms with Crippen molar-refractivity contribution in [1.82, 2.24) is 4.90 Å². The van der Waals surface area contributed by atoms with Gasteiger partial charge in [-0.15, -0.1) is 0 Å². The summed E-state index contributed by atoms with van der Waals surface area (Å²) in [6, 6.07) is 14.0. The van der Waals surface area contributed by atoms with E-state index in [9.17, 15) is 14.7 Å². The van der Waals surface area contributed by atoms with Crippen LogP contribution in [-0.4, -0.2) is 66.5 Å². The van der Waals surface area contributed by atoms with Crippen LogP contribution in [0.3, 0.4) is 0 Å². The van der Waals surface area contributed by atoms with Crippen molar-refractivity contribution in [3.8, 4) is 5.75 Å². The molecule has 4 heterocycles. The minimum Gasteiger partial charge on any atom is -0.487 e. The summed E-state index contributed by atoms with van der Waals surface area (Å²) >= 11 is 0. The van der Waals surface area contributed by atoms with Crippen molar-refractivity contribution in [3.05, 3.63) is 59.2 Å². The number of fused-ring (bicyclic) bond motifs is 4. The second-order valence-corrected chi connectivity index (χ2v) is 10.6. The fraction of sp³-hybridized carbons (Fsp3) is 0.517. The summed E-state index contributed by atoms with van der Waals surface area (Å²) in [5, 5.41) is 13.1. The zero-order chi connectivity index (χ0) is 25.4. The van der Waals surface area contributed by atoms with Gasteiger partial charge in [-0.1, -0.05) is 24.3 Å². The molecule has 2 aromatic carbocycles. The third-order valence-corrected chi connectivity index (χ3v) is 8.24. The fourth-order valence-electron chi connectivity index (χ4n) is 6.20. The normalized spacial score (nSPS) is 27.0. The predicted octanol–water partition coefficient (Wildman–Crippen LogP) is 3.02. The molecule has 2 N–H and O–H groups in total. The highest BCUT2D eigenvalue weighted by atomic mass is 16.6. The number of hydrogen-bond donors (Lipinski definition) is 2. The van der Waals surface area contributed by atoms with Crippen molar-refractivity contribution in [2.24, 2.45) is 5.92 Å². The molecule has 0 bridgehead atoms. The Bertz CT molecular complexity index is 1160. The molecule has 0 aliphatic carbocycles. The molecular formula is C29H34N2O6. The summed E-state index contributed by atoms with van der Waals surface area (Å²) in [6.07, 6.45) is 2.11. The maximum atomic E-state index is 13.2. The maximum absolute atomic E-state index is 13.2. The van der Waals surface area contributed by atoms with Crippen LogP contribution in [0.5, 0.6) is 5.75 Å². The molecule has 37 heavy (non-hydrogen) atoms. The molecule has 0 spiro atoms. The number of carbonyl (C=O) groups is 2. The lowest BCUT2D eigenvalue weighted by Gasteiger charge is -2.38. The molecular weight excluding hydrogens is 472 g/mol. The van der Waals surface area contributed by atoms with Gasteiger partial charge in [-0.2, -0.15) is 0 Å². The van der Waals surface area contributed by atoms with E-state index in [-0.39, 0.29) is 48.9 Å². The van der Waals surface area contributed by atoms with Gasteiger partial charge in [0.15, 0.2) is 0 Å². The van der Waals surface area contributed by atoms with Crippen molar-refractivity contribution in [1.29, 1.82) is 0 Å². The molecule has 2 amide bonds. The van der Waals surface area contributed by atoms with E-state index in [1.807, 2.05) is 35.2 Å². The molecule has 8 heteroatoms. The van der Waals surface area contributed by atoms with E-state index in [2.05, 4.69) is 17.4 Å². The Labute approximate surface area is 216 Å². The van der Waals surface area contributed by atoms with Crippen LogP contribution in [0.1, 0.15) is 48.3 Å². The first-order valence-corrected chi connectivity index (χ1v) is 13.4. The van der Waals surface area contributed by atoms with E-state index in [0.29, 0.717) is 32.7 Å². The Morgan fingerprint density at radius 1 is 1.08 bits per heavy atom. The van der Waals surface area contributed by atoms with E-state index < -0.39 is 6.10 Å². The third kappa shape index (κ3) is 4.98. The van der Waals surface area contributed by atoms with Crippen LogP contribution in [0.2, 0.25) is 0 Å². The van der Waals surface area contributed by atoms with Gasteiger partial charge in [0.25, 0.3) is 0 Å². The number of hydrogen-bond acceptors (Lipinski definition) is 6. The van der Waals surface area contributed by atoms with Crippen molar-refractivity contribution in [2.45, 2.75) is 62.9 Å². The molecule has 196 valence electrons. The molecule has 4 atom stereocenters. The SMILES string of the molecule is O=C(Nc1ccc2c(c1)[C@H]1C[C@H](CC(=O)N3CCc4ccccc4C3)O[C@@H](CO)[C@H]1O2)C1CCOCC1. The number of aliphatic hydroxyl groups excluding tert-OH is 1. The molecule has 2 aromatic rings. The van der Waals surface area contributed by atoms with E-state index in [1.165, 1.54) is 11.1 Å². The second kappa shape index (κ2) is 10.4. The van der Waals surface area contributed by atoms with Crippen LogP contribution in [0, 0.1) is 5.92 Å². The largest absolute Gasteiger partial charge is 0.487 e. The van der Waals surface area contributed by atoms with Crippen molar-refractivity contribution in [2.75, 3.05) is 31.7 Å². The number of aliphatic hydroxyl groups is 1. The summed E-state index contributed by atoms with van der Waals surface area (Å²) in [6.45, 7) is 2.39. The first kappa shape index (κ1) is 24.4. The van der Waals surface area contributed by atoms with Crippen LogP contribution < -0.4 is 10.1 Å². The number of ether oxygens (including phenoxy) is 3. The summed E-state index contributed by atoms with van der Waals surface area (Å²) in [5.41, 5.74) is 4.25. The van der Waals surface area contributed by atoms with Gasteiger partial charge in [0.2, 0.25) is 11.8 Å². The van der Waals surface area contributed by atoms with E-state index in [4.69, 9.17) is 14.2 Å². The molecule has 0 aromatic heterocycles. The maximum Gasteiger partial charge on any atom is 0.227 e. The minimum atomic E-state index is -0.508. The van der Waals surface area contributed by atoms with E-state index in [0.717, 1.165) is 36.3 Å². The molecule has 4 aliphatic heterocycles. The lowest BCUT2D eigenvalue weighted by atomic mass is 9.84. The average Bonchev–Trinajstić information content (AvgIpc) is 3.30. The van der Waals surface area contributed by atoms with Crippen LogP contribution in [0.25, 0.3) is 0 Å². The number of rotatable bonds is 5. The number of amides is 2. The fourth-order valence-corrected chi connectivity index (χ4v) is 6.20. The van der Waals surface area contributed by atoms with Gasteiger partial charge in [-0.05, 0) is 55.0 Å². The highest BCUT2D eigenvalue weighted by Gasteiger charge is 2.46. The Hall–Kier alpha value is -2.94. The lowest BCUT2D eigenvalue weighted by molar-refractivity contribution is -0.149. The standard InChI is InChI=1S/C29H34N2O6/c32-17-26-28-24(14-22(36-26)15-27(33)31-10-7-18-3-1-2-4-20(18)16-31)23-13-21(5-6-25(23)37-28)30-29(34)19-8-11-35-12-9-19/h1-6,13,19,22,24,26,28,32H,7-12,14-17H2,(H,30,34)/t22-,24-,26+,28+/m1/s1. The first-order chi connectivity index (χ1) is 18.1. The van der Waals surface area contributed by atoms with Gasteiger partial charge in [0.05, 0.1) is 19.1 Å². The van der Waals surface area contributed by atoms with Crippen LogP contribution in [0.4, 0.5) is 5.69 Å². The Morgan fingerprint density at radius 2 is 1.89 bits per heavy atom. The van der Waals surface area contributed by atoms with Gasteiger partial charge < -0.3 is 29.5 Å². The van der Waals surface area contributed by atoms with Gasteiger partial charge in [-0.25, -0.2) is 0 Å². The van der Waals surface area contributed by atoms with Crippen molar-refractivity contribution < 1.29 is 28.9 Å². The quantitative estimate of drug-likeness (QED) is 0.647. The van der Waals surface area contributed by atoms with Crippen LogP contribution >= 0.6 is 0 Å². The smallest absolute Gasteiger partial charge is 0.227 e. The monoisotopic (exact) mass is 506 g/mol. The molecule has 2 saturated heterocycles. The van der Waals surface area contributed by atoms with Crippen LogP contribution in [-0.2, 0) is 32.0 Å². The summed E-state index contributed by atoms with van der Waals surface area (Å²) in [5.74, 6) is 0.795. The zero-order valence-corrected chi connectivity index (χ0v) is 20.9. The number of anilines is 1. The zero-order valence-electron chi connectivity index (χ0n) is 20.9. The van der Waals surface area contributed by atoms with Gasteiger partial charge in [0, 0.05) is 49.4 Å². The third-order valence-electron chi connectivity index (χ3n) is 8.24. The van der Waals surface area contributed by atoms with E-state index in [1.54, 1.807) is 0 Å². The minimum absolute atomic E-state index is 0.0132. The number of carbonyl (C=O) groups excluding carboxylic acids is 2. The predicted molar refractivity (Wildman–Crippen MR) is 136 cm³/mol.